The molecule has 3 rings (SSSR count). The summed E-state index contributed by atoms with van der Waals surface area (Å²) in [6, 6.07) is 5.46. The van der Waals surface area contributed by atoms with Gasteiger partial charge in [0.05, 0.1) is 23.9 Å². The Morgan fingerprint density at radius 1 is 1.48 bits per heavy atom. The summed E-state index contributed by atoms with van der Waals surface area (Å²) < 4.78 is 0. The zero-order valence-corrected chi connectivity index (χ0v) is 13.7. The van der Waals surface area contributed by atoms with Gasteiger partial charge in [-0.25, -0.2) is 4.98 Å². The van der Waals surface area contributed by atoms with Crippen LogP contribution in [0.5, 0.6) is 0 Å². The van der Waals surface area contributed by atoms with Gasteiger partial charge in [0, 0.05) is 24.5 Å². The van der Waals surface area contributed by atoms with Crippen molar-refractivity contribution in [3.05, 3.63) is 41.2 Å². The molecule has 0 saturated carbocycles. The van der Waals surface area contributed by atoms with Crippen molar-refractivity contribution in [1.29, 1.82) is 0 Å². The van der Waals surface area contributed by atoms with Crippen molar-refractivity contribution in [3.8, 4) is 0 Å². The first kappa shape index (κ1) is 15.6. The van der Waals surface area contributed by atoms with Gasteiger partial charge in [-0.05, 0) is 25.5 Å². The molecule has 3 heterocycles. The average Bonchev–Trinajstić information content (AvgIpc) is 3.16. The molecule has 6 nitrogen and oxygen atoms in total. The number of nitrogens with one attached hydrogen (secondary N) is 1. The lowest BCUT2D eigenvalue weighted by molar-refractivity contribution is -0.121. The minimum Gasteiger partial charge on any atom is -0.348 e. The lowest BCUT2D eigenvalue weighted by Gasteiger charge is -2.13. The highest BCUT2D eigenvalue weighted by Gasteiger charge is 2.24. The average molecular weight is 330 g/mol. The Morgan fingerprint density at radius 3 is 3.04 bits per heavy atom. The van der Waals surface area contributed by atoms with E-state index in [-0.39, 0.29) is 24.3 Å². The third-order valence-electron chi connectivity index (χ3n) is 3.69. The van der Waals surface area contributed by atoms with Crippen molar-refractivity contribution in [2.24, 2.45) is 0 Å². The molecule has 0 bridgehead atoms. The molecule has 2 aromatic rings. The van der Waals surface area contributed by atoms with Gasteiger partial charge >= 0.3 is 0 Å². The number of nitrogens with zero attached hydrogens (tertiary/aromatic N) is 3. The van der Waals surface area contributed by atoms with E-state index in [1.165, 1.54) is 11.3 Å². The van der Waals surface area contributed by atoms with Gasteiger partial charge < -0.3 is 5.32 Å². The van der Waals surface area contributed by atoms with E-state index in [9.17, 15) is 9.59 Å². The van der Waals surface area contributed by atoms with Crippen LogP contribution in [0.3, 0.4) is 0 Å². The van der Waals surface area contributed by atoms with Gasteiger partial charge in [0.2, 0.25) is 11.8 Å². The van der Waals surface area contributed by atoms with Crippen LogP contribution in [-0.4, -0.2) is 28.3 Å². The number of aromatic nitrogens is 2. The molecule has 7 heteroatoms. The molecular formula is C16H18N4O2S. The zero-order valence-electron chi connectivity index (χ0n) is 12.9. The second kappa shape index (κ2) is 6.87. The molecule has 1 saturated heterocycles. The molecule has 1 atom stereocenters. The molecular weight excluding hydrogens is 312 g/mol. The number of carbonyl (C=O) groups is 2. The summed E-state index contributed by atoms with van der Waals surface area (Å²) in [6.45, 7) is 2.62. The predicted octanol–water partition coefficient (Wildman–Crippen LogP) is 2.08. The van der Waals surface area contributed by atoms with Crippen LogP contribution in [0.15, 0.2) is 29.8 Å². The molecule has 1 N–H and O–H groups in total. The van der Waals surface area contributed by atoms with Crippen LogP contribution < -0.4 is 10.2 Å². The first-order valence-corrected chi connectivity index (χ1v) is 8.46. The molecule has 2 amide bonds. The lowest BCUT2D eigenvalue weighted by Crippen LogP contribution is -2.28. The van der Waals surface area contributed by atoms with Gasteiger partial charge in [-0.1, -0.05) is 6.07 Å². The zero-order chi connectivity index (χ0) is 16.2. The highest BCUT2D eigenvalue weighted by molar-refractivity contribution is 7.14. The van der Waals surface area contributed by atoms with Gasteiger partial charge in [-0.3, -0.25) is 19.5 Å². The van der Waals surface area contributed by atoms with E-state index in [1.807, 2.05) is 30.5 Å². The van der Waals surface area contributed by atoms with Gasteiger partial charge in [0.25, 0.3) is 0 Å². The number of thiazole rings is 1. The SMILES string of the molecule is CC(NC(=O)Cc1csc(N2CCCC2=O)n1)c1ccccn1. The summed E-state index contributed by atoms with van der Waals surface area (Å²) in [7, 11) is 0. The van der Waals surface area contributed by atoms with Crippen molar-refractivity contribution in [3.63, 3.8) is 0 Å². The molecule has 0 radical (unpaired) electrons. The van der Waals surface area contributed by atoms with E-state index < -0.39 is 0 Å². The fraction of sp³-hybridized carbons (Fsp3) is 0.375. The van der Waals surface area contributed by atoms with Crippen LogP contribution in [0, 0.1) is 0 Å². The van der Waals surface area contributed by atoms with E-state index in [2.05, 4.69) is 15.3 Å². The first-order valence-electron chi connectivity index (χ1n) is 7.58. The Kier molecular flexibility index (Phi) is 4.66. The lowest BCUT2D eigenvalue weighted by atomic mass is 10.2. The molecule has 1 fully saturated rings. The van der Waals surface area contributed by atoms with Gasteiger partial charge in [-0.15, -0.1) is 11.3 Å². The number of hydrogen-bond acceptors (Lipinski definition) is 5. The summed E-state index contributed by atoms with van der Waals surface area (Å²) in [5.41, 5.74) is 1.51. The number of rotatable bonds is 5. The van der Waals surface area contributed by atoms with Crippen molar-refractivity contribution < 1.29 is 9.59 Å². The summed E-state index contributed by atoms with van der Waals surface area (Å²) in [6.07, 6.45) is 3.36. The summed E-state index contributed by atoms with van der Waals surface area (Å²) in [4.78, 5) is 34.2. The van der Waals surface area contributed by atoms with Crippen molar-refractivity contribution >= 4 is 28.3 Å². The topological polar surface area (TPSA) is 75.2 Å². The molecule has 120 valence electrons. The molecule has 23 heavy (non-hydrogen) atoms. The van der Waals surface area contributed by atoms with Crippen LogP contribution in [0.25, 0.3) is 0 Å². The van der Waals surface area contributed by atoms with Crippen LogP contribution >= 0.6 is 11.3 Å². The molecule has 1 aliphatic heterocycles. The number of pyridine rings is 1. The summed E-state index contributed by atoms with van der Waals surface area (Å²) in [5.74, 6) is 0.00637. The maximum absolute atomic E-state index is 12.1. The van der Waals surface area contributed by atoms with Crippen molar-refractivity contribution in [2.75, 3.05) is 11.4 Å². The Balaban J connectivity index is 1.58. The van der Waals surface area contributed by atoms with Crippen molar-refractivity contribution in [1.82, 2.24) is 15.3 Å². The Morgan fingerprint density at radius 2 is 2.35 bits per heavy atom. The van der Waals surface area contributed by atoms with Crippen LogP contribution in [0.2, 0.25) is 0 Å². The molecule has 0 aromatic carbocycles. The molecule has 2 aromatic heterocycles. The number of anilines is 1. The highest BCUT2D eigenvalue weighted by atomic mass is 32.1. The maximum atomic E-state index is 12.1. The molecule has 1 aliphatic rings. The van der Waals surface area contributed by atoms with E-state index in [1.54, 1.807) is 11.1 Å². The number of amides is 2. The third-order valence-corrected chi connectivity index (χ3v) is 4.61. The molecule has 1 unspecified atom stereocenters. The largest absolute Gasteiger partial charge is 0.348 e. The van der Waals surface area contributed by atoms with Gasteiger partial charge in [-0.2, -0.15) is 0 Å². The quantitative estimate of drug-likeness (QED) is 0.911. The minimum atomic E-state index is -0.151. The number of carbonyl (C=O) groups excluding carboxylic acids is 2. The normalized spacial score (nSPS) is 15.7. The predicted molar refractivity (Wildman–Crippen MR) is 88.2 cm³/mol. The second-order valence-electron chi connectivity index (χ2n) is 5.49. The van der Waals surface area contributed by atoms with Crippen molar-refractivity contribution in [2.45, 2.75) is 32.2 Å². The van der Waals surface area contributed by atoms with Gasteiger partial charge in [0.1, 0.15) is 0 Å². The third kappa shape index (κ3) is 3.73. The second-order valence-corrected chi connectivity index (χ2v) is 6.33. The van der Waals surface area contributed by atoms with Gasteiger partial charge in [0.15, 0.2) is 5.13 Å². The number of hydrogen-bond donors (Lipinski definition) is 1. The van der Waals surface area contributed by atoms with Crippen LogP contribution in [0.1, 0.15) is 37.2 Å². The smallest absolute Gasteiger partial charge is 0.228 e. The Bertz CT molecular complexity index is 701. The van der Waals surface area contributed by atoms with Crippen LogP contribution in [0.4, 0.5) is 5.13 Å². The van der Waals surface area contributed by atoms with E-state index in [4.69, 9.17) is 0 Å². The van der Waals surface area contributed by atoms with E-state index >= 15 is 0 Å². The summed E-state index contributed by atoms with van der Waals surface area (Å²) >= 11 is 1.41. The Labute approximate surface area is 138 Å². The van der Waals surface area contributed by atoms with Crippen LogP contribution in [-0.2, 0) is 16.0 Å². The first-order chi connectivity index (χ1) is 11.1. The molecule has 0 aliphatic carbocycles. The highest BCUT2D eigenvalue weighted by Crippen LogP contribution is 2.25. The molecule has 0 spiro atoms. The minimum absolute atomic E-state index is 0.104. The monoisotopic (exact) mass is 330 g/mol. The van der Waals surface area contributed by atoms with E-state index in [0.29, 0.717) is 23.8 Å². The maximum Gasteiger partial charge on any atom is 0.228 e. The fourth-order valence-corrected chi connectivity index (χ4v) is 3.38. The Hall–Kier alpha value is -2.28. The summed E-state index contributed by atoms with van der Waals surface area (Å²) in [5, 5.41) is 5.44. The fourth-order valence-electron chi connectivity index (χ4n) is 2.51. The standard InChI is InChI=1S/C16H18N4O2S/c1-11(13-5-2-3-7-17-13)18-14(21)9-12-10-23-16(19-12)20-8-4-6-15(20)22/h2-3,5,7,10-11H,4,6,8-9H2,1H3,(H,18,21). The van der Waals surface area contributed by atoms with E-state index in [0.717, 1.165) is 12.1 Å².